The van der Waals surface area contributed by atoms with Gasteiger partial charge in [0.1, 0.15) is 5.78 Å². The van der Waals surface area contributed by atoms with E-state index in [-0.39, 0.29) is 29.0 Å². The number of Topliss-reactive ketones (excluding diaryl/α,β-unsaturated/α-hetero) is 1. The van der Waals surface area contributed by atoms with Crippen LogP contribution in [0.3, 0.4) is 0 Å². The lowest BCUT2D eigenvalue weighted by Crippen LogP contribution is -2.30. The molecule has 2 atom stereocenters. The Hall–Kier alpha value is -0.860. The zero-order valence-electron chi connectivity index (χ0n) is 8.59. The molecule has 0 radical (unpaired) electrons. The Morgan fingerprint density at radius 1 is 1.54 bits per heavy atom. The SMILES string of the molecule is COC(=O)C1C(C)C(=O)CC1(C)C. The van der Waals surface area contributed by atoms with Crippen LogP contribution in [0.25, 0.3) is 0 Å². The van der Waals surface area contributed by atoms with Gasteiger partial charge in [-0.1, -0.05) is 20.8 Å². The van der Waals surface area contributed by atoms with Crippen LogP contribution in [0.1, 0.15) is 27.2 Å². The summed E-state index contributed by atoms with van der Waals surface area (Å²) in [6.45, 7) is 5.69. The quantitative estimate of drug-likeness (QED) is 0.579. The highest BCUT2D eigenvalue weighted by Gasteiger charge is 2.49. The molecule has 0 aliphatic heterocycles. The molecule has 0 aromatic carbocycles. The van der Waals surface area contributed by atoms with Crippen LogP contribution in [0, 0.1) is 17.3 Å². The van der Waals surface area contributed by atoms with Gasteiger partial charge in [0, 0.05) is 12.3 Å². The van der Waals surface area contributed by atoms with E-state index >= 15 is 0 Å². The molecule has 1 aliphatic carbocycles. The van der Waals surface area contributed by atoms with Crippen molar-refractivity contribution in [2.45, 2.75) is 27.2 Å². The van der Waals surface area contributed by atoms with Gasteiger partial charge in [-0.25, -0.2) is 0 Å². The molecule has 1 saturated carbocycles. The summed E-state index contributed by atoms with van der Waals surface area (Å²) in [6.07, 6.45) is 0.480. The summed E-state index contributed by atoms with van der Waals surface area (Å²) in [6, 6.07) is 0. The number of hydrogen-bond donors (Lipinski definition) is 0. The Labute approximate surface area is 78.5 Å². The Kier molecular flexibility index (Phi) is 2.46. The summed E-state index contributed by atoms with van der Waals surface area (Å²) >= 11 is 0. The third-order valence-electron chi connectivity index (χ3n) is 2.93. The smallest absolute Gasteiger partial charge is 0.309 e. The number of ketones is 1. The topological polar surface area (TPSA) is 43.4 Å². The van der Waals surface area contributed by atoms with Gasteiger partial charge in [-0.2, -0.15) is 0 Å². The summed E-state index contributed by atoms with van der Waals surface area (Å²) in [5.41, 5.74) is -0.246. The average molecular weight is 184 g/mol. The molecule has 0 bridgehead atoms. The first kappa shape index (κ1) is 10.2. The molecule has 13 heavy (non-hydrogen) atoms. The monoisotopic (exact) mass is 184 g/mol. The van der Waals surface area contributed by atoms with Crippen LogP contribution in [-0.2, 0) is 14.3 Å². The third kappa shape index (κ3) is 1.60. The fourth-order valence-corrected chi connectivity index (χ4v) is 2.23. The molecule has 0 spiro atoms. The summed E-state index contributed by atoms with van der Waals surface area (Å²) in [5.74, 6) is -0.559. The van der Waals surface area contributed by atoms with Crippen molar-refractivity contribution >= 4 is 11.8 Å². The molecule has 1 aliphatic rings. The highest BCUT2D eigenvalue weighted by Crippen LogP contribution is 2.44. The largest absolute Gasteiger partial charge is 0.469 e. The van der Waals surface area contributed by atoms with E-state index in [0.29, 0.717) is 6.42 Å². The van der Waals surface area contributed by atoms with Crippen molar-refractivity contribution in [2.24, 2.45) is 17.3 Å². The van der Waals surface area contributed by atoms with Crippen LogP contribution in [-0.4, -0.2) is 18.9 Å². The second-order valence-corrected chi connectivity index (χ2v) is 4.42. The van der Waals surface area contributed by atoms with E-state index < -0.39 is 0 Å². The van der Waals surface area contributed by atoms with E-state index in [4.69, 9.17) is 4.74 Å². The first-order valence-corrected chi connectivity index (χ1v) is 4.50. The molecule has 0 N–H and O–H groups in total. The fraction of sp³-hybridized carbons (Fsp3) is 0.800. The summed E-state index contributed by atoms with van der Waals surface area (Å²) in [7, 11) is 1.37. The van der Waals surface area contributed by atoms with E-state index in [1.54, 1.807) is 6.92 Å². The maximum atomic E-state index is 11.4. The minimum absolute atomic E-state index is 0.167. The number of methoxy groups -OCH3 is 1. The number of hydrogen-bond acceptors (Lipinski definition) is 3. The molecular weight excluding hydrogens is 168 g/mol. The molecule has 0 aromatic rings. The minimum Gasteiger partial charge on any atom is -0.469 e. The number of ether oxygens (including phenoxy) is 1. The zero-order chi connectivity index (χ0) is 10.2. The zero-order valence-corrected chi connectivity index (χ0v) is 8.59. The maximum absolute atomic E-state index is 11.4. The molecule has 3 heteroatoms. The van der Waals surface area contributed by atoms with E-state index in [9.17, 15) is 9.59 Å². The fourth-order valence-electron chi connectivity index (χ4n) is 2.23. The lowest BCUT2D eigenvalue weighted by atomic mass is 9.79. The van der Waals surface area contributed by atoms with Gasteiger partial charge in [0.2, 0.25) is 0 Å². The van der Waals surface area contributed by atoms with Gasteiger partial charge in [-0.05, 0) is 5.41 Å². The van der Waals surface area contributed by atoms with E-state index in [2.05, 4.69) is 0 Å². The van der Waals surface area contributed by atoms with Gasteiger partial charge >= 0.3 is 5.97 Å². The third-order valence-corrected chi connectivity index (χ3v) is 2.93. The Balaban J connectivity index is 2.93. The standard InChI is InChI=1S/C10H16O3/c1-6-7(11)5-10(2,3)8(6)9(12)13-4/h6,8H,5H2,1-4H3. The highest BCUT2D eigenvalue weighted by atomic mass is 16.5. The molecule has 0 amide bonds. The Bertz CT molecular complexity index is 243. The van der Waals surface area contributed by atoms with Crippen molar-refractivity contribution in [3.05, 3.63) is 0 Å². The van der Waals surface area contributed by atoms with Gasteiger partial charge in [0.25, 0.3) is 0 Å². The van der Waals surface area contributed by atoms with Crippen molar-refractivity contribution in [1.82, 2.24) is 0 Å². The van der Waals surface area contributed by atoms with Gasteiger partial charge in [-0.3, -0.25) is 9.59 Å². The molecule has 0 aromatic heterocycles. The first-order valence-electron chi connectivity index (χ1n) is 4.50. The van der Waals surface area contributed by atoms with Crippen LogP contribution >= 0.6 is 0 Å². The molecule has 2 unspecified atom stereocenters. The van der Waals surface area contributed by atoms with Gasteiger partial charge in [0.15, 0.2) is 0 Å². The molecule has 0 saturated heterocycles. The molecule has 74 valence electrons. The van der Waals surface area contributed by atoms with E-state index in [0.717, 1.165) is 0 Å². The van der Waals surface area contributed by atoms with Crippen molar-refractivity contribution in [2.75, 3.05) is 7.11 Å². The van der Waals surface area contributed by atoms with Crippen LogP contribution in [0.4, 0.5) is 0 Å². The lowest BCUT2D eigenvalue weighted by molar-refractivity contribution is -0.150. The normalized spacial score (nSPS) is 31.8. The number of rotatable bonds is 1. The predicted octanol–water partition coefficient (Wildman–Crippen LogP) is 1.41. The van der Waals surface area contributed by atoms with Crippen molar-refractivity contribution in [3.8, 4) is 0 Å². The second kappa shape index (κ2) is 3.13. The van der Waals surface area contributed by atoms with Gasteiger partial charge in [0.05, 0.1) is 13.0 Å². The summed E-state index contributed by atoms with van der Waals surface area (Å²) in [5, 5.41) is 0. The van der Waals surface area contributed by atoms with Crippen LogP contribution in [0.2, 0.25) is 0 Å². The van der Waals surface area contributed by atoms with E-state index in [1.165, 1.54) is 7.11 Å². The van der Waals surface area contributed by atoms with Crippen molar-refractivity contribution in [3.63, 3.8) is 0 Å². The molecule has 1 fully saturated rings. The molecule has 3 nitrogen and oxygen atoms in total. The molecule has 1 rings (SSSR count). The van der Waals surface area contributed by atoms with Gasteiger partial charge in [-0.15, -0.1) is 0 Å². The van der Waals surface area contributed by atoms with Crippen LogP contribution in [0.15, 0.2) is 0 Å². The number of carbonyl (C=O) groups excluding carboxylic acids is 2. The van der Waals surface area contributed by atoms with E-state index in [1.807, 2.05) is 13.8 Å². The Morgan fingerprint density at radius 3 is 2.38 bits per heavy atom. The van der Waals surface area contributed by atoms with Crippen molar-refractivity contribution < 1.29 is 14.3 Å². The summed E-state index contributed by atoms with van der Waals surface area (Å²) in [4.78, 5) is 22.8. The maximum Gasteiger partial charge on any atom is 0.309 e. The first-order chi connectivity index (χ1) is 5.90. The molecular formula is C10H16O3. The predicted molar refractivity (Wildman–Crippen MR) is 48.1 cm³/mol. The second-order valence-electron chi connectivity index (χ2n) is 4.42. The van der Waals surface area contributed by atoms with Crippen LogP contribution < -0.4 is 0 Å². The highest BCUT2D eigenvalue weighted by molar-refractivity contribution is 5.91. The average Bonchev–Trinajstić information content (AvgIpc) is 2.21. The van der Waals surface area contributed by atoms with Gasteiger partial charge < -0.3 is 4.74 Å². The number of carbonyl (C=O) groups is 2. The molecule has 0 heterocycles. The van der Waals surface area contributed by atoms with Crippen molar-refractivity contribution in [1.29, 1.82) is 0 Å². The number of esters is 1. The lowest BCUT2D eigenvalue weighted by Gasteiger charge is -2.25. The summed E-state index contributed by atoms with van der Waals surface area (Å²) < 4.78 is 4.70. The minimum atomic E-state index is -0.273. The van der Waals surface area contributed by atoms with Crippen LogP contribution in [0.5, 0.6) is 0 Å². The Morgan fingerprint density at radius 2 is 2.08 bits per heavy atom.